The van der Waals surface area contributed by atoms with Crippen molar-refractivity contribution < 1.29 is 99.9 Å². The highest BCUT2D eigenvalue weighted by molar-refractivity contribution is 5.84. The number of aliphatic carboxylic acids is 7. The number of carbonyl (C=O) groups is 7. The van der Waals surface area contributed by atoms with E-state index in [0.29, 0.717) is 19.6 Å². The minimum Gasteiger partial charge on any atom is -0.480 e. The summed E-state index contributed by atoms with van der Waals surface area (Å²) < 4.78 is 2.04. The summed E-state index contributed by atoms with van der Waals surface area (Å²) in [5.74, 6) is -9.46. The van der Waals surface area contributed by atoms with Crippen molar-refractivity contribution >= 4 is 41.8 Å². The summed E-state index contributed by atoms with van der Waals surface area (Å²) in [7, 11) is 2.01. The van der Waals surface area contributed by atoms with Gasteiger partial charge in [0, 0.05) is 44.9 Å². The van der Waals surface area contributed by atoms with Crippen LogP contribution >= 0.6 is 0 Å². The van der Waals surface area contributed by atoms with Gasteiger partial charge in [-0.05, 0) is 63.0 Å². The van der Waals surface area contributed by atoms with Crippen LogP contribution in [0.4, 0.5) is 0 Å². The molecular weight excluding hydrogens is 910 g/mol. The summed E-state index contributed by atoms with van der Waals surface area (Å²) in [6, 6.07) is 8.55. The van der Waals surface area contributed by atoms with Crippen molar-refractivity contribution in [3.05, 3.63) is 71.8 Å². The van der Waals surface area contributed by atoms with Crippen LogP contribution in [0.3, 0.4) is 0 Å². The Bertz CT molecular complexity index is 1820. The molecule has 68 heavy (non-hydrogen) atoms. The zero-order valence-electron chi connectivity index (χ0n) is 37.6. The van der Waals surface area contributed by atoms with E-state index in [-0.39, 0.29) is 6.54 Å². The molecule has 6 atom stereocenters. The Balaban J connectivity index is 0.00000121. The zero-order valence-corrected chi connectivity index (χ0v) is 37.6. The molecule has 3 rings (SSSR count). The van der Waals surface area contributed by atoms with Gasteiger partial charge in [0.05, 0.1) is 19.6 Å². The number of carboxylic acids is 7. The van der Waals surface area contributed by atoms with Crippen molar-refractivity contribution in [1.29, 1.82) is 0 Å². The van der Waals surface area contributed by atoms with E-state index in [1.165, 1.54) is 18.4 Å². The van der Waals surface area contributed by atoms with Gasteiger partial charge in [-0.1, -0.05) is 38.1 Å². The Morgan fingerprint density at radius 1 is 0.529 bits per heavy atom. The first-order valence-corrected chi connectivity index (χ1v) is 20.7. The lowest BCUT2D eigenvalue weighted by atomic mass is 10.1. The fourth-order valence-corrected chi connectivity index (χ4v) is 5.63. The second-order valence-corrected chi connectivity index (χ2v) is 14.8. The molecule has 382 valence electrons. The lowest BCUT2D eigenvalue weighted by Gasteiger charge is -2.24. The molecule has 0 aliphatic rings. The summed E-state index contributed by atoms with van der Waals surface area (Å²) in [5.41, 5.74) is 2.33. The van der Waals surface area contributed by atoms with Gasteiger partial charge >= 0.3 is 41.8 Å². The number of carboxylic acid groups (broad SMARTS) is 7. The number of aliphatic hydroxyl groups is 6. The topological polar surface area (TPSA) is 439 Å². The number of aromatic amines is 1. The first kappa shape index (κ1) is 61.6. The molecule has 2 aromatic heterocycles. The Labute approximate surface area is 389 Å². The molecule has 0 aliphatic heterocycles. The molecule has 27 nitrogen and oxygen atoms in total. The molecule has 0 saturated carbocycles. The van der Waals surface area contributed by atoms with E-state index < -0.39 is 78.4 Å². The number of aromatic nitrogens is 4. The van der Waals surface area contributed by atoms with Gasteiger partial charge < -0.3 is 80.8 Å². The average molecular weight is 974 g/mol. The summed E-state index contributed by atoms with van der Waals surface area (Å²) in [5, 5.41) is 107. The Morgan fingerprint density at radius 3 is 1.22 bits per heavy atom. The minimum absolute atomic E-state index is 0.0655. The third-order valence-corrected chi connectivity index (χ3v) is 9.10. The third kappa shape index (κ3) is 25.5. The lowest BCUT2D eigenvalue weighted by molar-refractivity contribution is -0.165. The number of rotatable bonds is 28. The molecule has 1 aromatic carbocycles. The predicted molar refractivity (Wildman–Crippen MR) is 232 cm³/mol. The quantitative estimate of drug-likeness (QED) is 0.0342. The van der Waals surface area contributed by atoms with Gasteiger partial charge in [0.15, 0.2) is 36.6 Å². The fraction of sp³-hybridized carbons (Fsp3) is 0.537. The molecule has 0 aliphatic carbocycles. The normalized spacial score (nSPS) is 13.5. The van der Waals surface area contributed by atoms with Crippen LogP contribution in [0.1, 0.15) is 62.3 Å². The minimum atomic E-state index is -2.27. The van der Waals surface area contributed by atoms with E-state index in [4.69, 9.17) is 61.3 Å². The third-order valence-electron chi connectivity index (χ3n) is 9.10. The highest BCUT2D eigenvalue weighted by atomic mass is 16.5. The zero-order chi connectivity index (χ0) is 52.1. The van der Waals surface area contributed by atoms with Gasteiger partial charge in [-0.25, -0.2) is 38.7 Å². The smallest absolute Gasteiger partial charge is 0.335 e. The number of nitrogens with zero attached hydrogens (tertiary/aromatic N) is 6. The average Bonchev–Trinajstić information content (AvgIpc) is 3.95. The van der Waals surface area contributed by atoms with Gasteiger partial charge in [-0.15, -0.1) is 0 Å². The van der Waals surface area contributed by atoms with Gasteiger partial charge in [-0.3, -0.25) is 14.6 Å². The number of H-pyrrole nitrogens is 1. The van der Waals surface area contributed by atoms with Gasteiger partial charge in [0.2, 0.25) is 0 Å². The lowest BCUT2D eigenvalue weighted by Crippen LogP contribution is -2.39. The molecule has 6 unspecified atom stereocenters. The molecule has 0 radical (unpaired) electrons. The van der Waals surface area contributed by atoms with Crippen LogP contribution in [0.2, 0.25) is 0 Å². The van der Waals surface area contributed by atoms with Crippen LogP contribution in [-0.4, -0.2) is 212 Å². The number of nitrogens with one attached hydrogen (secondary N) is 1. The maximum atomic E-state index is 11.5. The van der Waals surface area contributed by atoms with E-state index >= 15 is 0 Å². The first-order valence-electron chi connectivity index (χ1n) is 20.7. The molecule has 27 heteroatoms. The predicted octanol–water partition coefficient (Wildman–Crippen LogP) is -2.23. The van der Waals surface area contributed by atoms with E-state index in [1.807, 2.05) is 35.1 Å². The Kier molecular flexibility index (Phi) is 30.0. The van der Waals surface area contributed by atoms with Crippen LogP contribution in [-0.2, 0) is 66.8 Å². The standard InChI is InChI=1S/C29H45N7O2.3C4H6O6/c1-4-15-34(16-5-2)17-6-7-18-35(24-29(37)38)20-25-8-10-26(11-9-25)21-36(22-27-30-12-13-31-27)23-28-32-14-19-33(28)3;3*5-1(3(7)8)2(6)4(9)10/h8-14,19H,4-7,15-18,20-24H2,1-3H3,(H,30,31)(H,37,38);3*1-2,5-6H,(H,7,8)(H,9,10). The van der Waals surface area contributed by atoms with E-state index in [9.17, 15) is 38.7 Å². The van der Waals surface area contributed by atoms with Crippen molar-refractivity contribution in [2.45, 2.75) is 102 Å². The van der Waals surface area contributed by atoms with Crippen LogP contribution in [0.5, 0.6) is 0 Å². The highest BCUT2D eigenvalue weighted by Gasteiger charge is 2.31. The van der Waals surface area contributed by atoms with Crippen molar-refractivity contribution in [2.24, 2.45) is 7.05 Å². The summed E-state index contributed by atoms with van der Waals surface area (Å²) >= 11 is 0. The van der Waals surface area contributed by atoms with Crippen molar-refractivity contribution in [3.8, 4) is 0 Å². The van der Waals surface area contributed by atoms with Crippen molar-refractivity contribution in [1.82, 2.24) is 34.2 Å². The number of aliphatic hydroxyl groups excluding tert-OH is 6. The largest absolute Gasteiger partial charge is 0.480 e. The van der Waals surface area contributed by atoms with E-state index in [2.05, 4.69) is 62.9 Å². The number of hydrogen-bond donors (Lipinski definition) is 14. The Hall–Kier alpha value is -6.43. The molecule has 0 amide bonds. The number of hydrogen-bond acceptors (Lipinski definition) is 18. The van der Waals surface area contributed by atoms with Crippen LogP contribution in [0, 0.1) is 0 Å². The molecule has 0 saturated heterocycles. The van der Waals surface area contributed by atoms with Gasteiger partial charge in [-0.2, -0.15) is 0 Å². The second-order valence-electron chi connectivity index (χ2n) is 14.8. The SMILES string of the molecule is CCCN(CCC)CCCCN(CC(=O)O)Cc1ccc(CN(Cc2ncc[nH]2)Cc2nccn2C)cc1.O=C(O)C(O)C(O)C(=O)O.O=C(O)C(O)C(O)C(=O)O.O=C(O)C(O)C(O)C(=O)O. The van der Waals surface area contributed by atoms with Crippen LogP contribution in [0.25, 0.3) is 0 Å². The molecule has 14 N–H and O–H groups in total. The fourth-order valence-electron chi connectivity index (χ4n) is 5.63. The van der Waals surface area contributed by atoms with Crippen molar-refractivity contribution in [2.75, 3.05) is 32.7 Å². The van der Waals surface area contributed by atoms with Gasteiger partial charge in [0.1, 0.15) is 11.6 Å². The molecular formula is C41H63N7O20. The molecule has 3 aromatic rings. The second kappa shape index (κ2) is 33.1. The number of imidazole rings is 2. The molecule has 2 heterocycles. The summed E-state index contributed by atoms with van der Waals surface area (Å²) in [6.45, 7) is 11.5. The number of unbranched alkanes of at least 4 members (excludes halogenated alkanes) is 1. The van der Waals surface area contributed by atoms with Crippen LogP contribution in [0.15, 0.2) is 49.1 Å². The maximum absolute atomic E-state index is 11.5. The summed E-state index contributed by atoms with van der Waals surface area (Å²) in [4.78, 5) is 89.1. The number of aryl methyl sites for hydroxylation is 1. The molecule has 0 spiro atoms. The highest BCUT2D eigenvalue weighted by Crippen LogP contribution is 2.15. The summed E-state index contributed by atoms with van der Waals surface area (Å²) in [6.07, 6.45) is -1.75. The van der Waals surface area contributed by atoms with E-state index in [0.717, 1.165) is 62.8 Å². The maximum Gasteiger partial charge on any atom is 0.335 e. The number of benzene rings is 1. The van der Waals surface area contributed by atoms with Crippen LogP contribution < -0.4 is 0 Å². The first-order chi connectivity index (χ1) is 31.9. The molecule has 0 bridgehead atoms. The van der Waals surface area contributed by atoms with E-state index in [1.54, 1.807) is 6.20 Å². The van der Waals surface area contributed by atoms with Gasteiger partial charge in [0.25, 0.3) is 0 Å². The molecule has 0 fully saturated rings. The monoisotopic (exact) mass is 973 g/mol. The Morgan fingerprint density at radius 2 is 0.912 bits per heavy atom. The van der Waals surface area contributed by atoms with Crippen molar-refractivity contribution in [3.63, 3.8) is 0 Å².